The van der Waals surface area contributed by atoms with Crippen molar-refractivity contribution >= 4 is 22.8 Å². The molecule has 0 saturated heterocycles. The van der Waals surface area contributed by atoms with Gasteiger partial charge in [-0.1, -0.05) is 30.3 Å². The number of aromatic nitrogens is 1. The topological polar surface area (TPSA) is 84.0 Å². The van der Waals surface area contributed by atoms with Crippen molar-refractivity contribution in [1.82, 2.24) is 4.98 Å². The number of benzene rings is 2. The lowest BCUT2D eigenvalue weighted by atomic mass is 10.0. The van der Waals surface area contributed by atoms with Crippen LogP contribution in [0.3, 0.4) is 0 Å². The third kappa shape index (κ3) is 4.99. The van der Waals surface area contributed by atoms with E-state index in [0.717, 1.165) is 22.0 Å². The second-order valence-electron chi connectivity index (χ2n) is 7.11. The first-order valence-electron chi connectivity index (χ1n) is 10.4. The summed E-state index contributed by atoms with van der Waals surface area (Å²) >= 11 is 0. The molecule has 32 heavy (non-hydrogen) atoms. The summed E-state index contributed by atoms with van der Waals surface area (Å²) in [7, 11) is 3.12. The van der Waals surface area contributed by atoms with Crippen molar-refractivity contribution in [2.45, 2.75) is 33.3 Å². The summed E-state index contributed by atoms with van der Waals surface area (Å²) in [5.74, 6) is 0.320. The number of ether oxygens (including phenoxy) is 4. The van der Waals surface area contributed by atoms with E-state index >= 15 is 0 Å². The Morgan fingerprint density at radius 3 is 2.47 bits per heavy atom. The SMILES string of the molecule is CCOC(=O)c1c(COC(=O)CCc2cccc(OC)c2OC)nc2ccccc2c1C. The van der Waals surface area contributed by atoms with Crippen LogP contribution in [-0.2, 0) is 27.3 Å². The van der Waals surface area contributed by atoms with Crippen LogP contribution in [0.15, 0.2) is 42.5 Å². The van der Waals surface area contributed by atoms with Crippen molar-refractivity contribution in [2.24, 2.45) is 0 Å². The van der Waals surface area contributed by atoms with Crippen LogP contribution in [0.25, 0.3) is 10.9 Å². The van der Waals surface area contributed by atoms with E-state index in [1.165, 1.54) is 0 Å². The summed E-state index contributed by atoms with van der Waals surface area (Å²) in [5.41, 5.74) is 3.04. The van der Waals surface area contributed by atoms with Gasteiger partial charge in [-0.3, -0.25) is 4.79 Å². The molecule has 0 radical (unpaired) electrons. The number of methoxy groups -OCH3 is 2. The number of hydrogen-bond donors (Lipinski definition) is 0. The second kappa shape index (κ2) is 10.6. The first-order valence-corrected chi connectivity index (χ1v) is 10.4. The number of aryl methyl sites for hydroxylation is 2. The Balaban J connectivity index is 1.76. The molecule has 7 nitrogen and oxygen atoms in total. The third-order valence-electron chi connectivity index (χ3n) is 5.16. The molecule has 1 heterocycles. The fourth-order valence-corrected chi connectivity index (χ4v) is 3.63. The number of pyridine rings is 1. The molecule has 0 aliphatic carbocycles. The number of hydrogen-bond acceptors (Lipinski definition) is 7. The van der Waals surface area contributed by atoms with Gasteiger partial charge in [-0.05, 0) is 43.5 Å². The van der Waals surface area contributed by atoms with Crippen LogP contribution >= 0.6 is 0 Å². The van der Waals surface area contributed by atoms with Crippen LogP contribution < -0.4 is 9.47 Å². The minimum atomic E-state index is -0.476. The van der Waals surface area contributed by atoms with Gasteiger partial charge in [0.25, 0.3) is 0 Å². The van der Waals surface area contributed by atoms with Crippen LogP contribution in [0.5, 0.6) is 11.5 Å². The molecule has 3 rings (SSSR count). The van der Waals surface area contributed by atoms with Crippen molar-refractivity contribution in [3.05, 3.63) is 64.8 Å². The van der Waals surface area contributed by atoms with Crippen LogP contribution in [0.4, 0.5) is 0 Å². The van der Waals surface area contributed by atoms with Gasteiger partial charge in [-0.15, -0.1) is 0 Å². The lowest BCUT2D eigenvalue weighted by Crippen LogP contribution is -2.15. The largest absolute Gasteiger partial charge is 0.493 e. The summed E-state index contributed by atoms with van der Waals surface area (Å²) in [6.45, 7) is 3.71. The molecule has 0 N–H and O–H groups in total. The molecule has 0 atom stereocenters. The molecular weight excluding hydrogens is 410 g/mol. The Labute approximate surface area is 187 Å². The Morgan fingerprint density at radius 2 is 1.75 bits per heavy atom. The average molecular weight is 437 g/mol. The van der Waals surface area contributed by atoms with Gasteiger partial charge >= 0.3 is 11.9 Å². The average Bonchev–Trinajstić information content (AvgIpc) is 2.81. The molecule has 0 amide bonds. The molecule has 0 unspecified atom stereocenters. The first kappa shape index (κ1) is 23.1. The Hall–Kier alpha value is -3.61. The van der Waals surface area contributed by atoms with Gasteiger partial charge in [0.2, 0.25) is 0 Å². The number of esters is 2. The van der Waals surface area contributed by atoms with E-state index < -0.39 is 11.9 Å². The number of nitrogens with zero attached hydrogens (tertiary/aromatic N) is 1. The highest BCUT2D eigenvalue weighted by Gasteiger charge is 2.21. The van der Waals surface area contributed by atoms with Gasteiger partial charge in [-0.2, -0.15) is 0 Å². The molecule has 1 aromatic heterocycles. The van der Waals surface area contributed by atoms with Crippen LogP contribution in [-0.4, -0.2) is 37.7 Å². The quantitative estimate of drug-likeness (QED) is 0.458. The van der Waals surface area contributed by atoms with E-state index in [-0.39, 0.29) is 19.6 Å². The molecule has 0 bridgehead atoms. The summed E-state index contributed by atoms with van der Waals surface area (Å²) in [4.78, 5) is 29.6. The number of rotatable bonds is 9. The number of fused-ring (bicyclic) bond motifs is 1. The maximum absolute atomic E-state index is 12.6. The normalized spacial score (nSPS) is 10.6. The minimum absolute atomic E-state index is 0.117. The number of carbonyl (C=O) groups excluding carboxylic acids is 2. The summed E-state index contributed by atoms with van der Waals surface area (Å²) < 4.78 is 21.4. The fraction of sp³-hybridized carbons (Fsp3) is 0.320. The van der Waals surface area contributed by atoms with Crippen molar-refractivity contribution in [3.63, 3.8) is 0 Å². The maximum Gasteiger partial charge on any atom is 0.340 e. The summed E-state index contributed by atoms with van der Waals surface area (Å²) in [6, 6.07) is 13.0. The Morgan fingerprint density at radius 1 is 0.969 bits per heavy atom. The number of carbonyl (C=O) groups is 2. The zero-order valence-electron chi connectivity index (χ0n) is 18.8. The monoisotopic (exact) mass is 437 g/mol. The predicted molar refractivity (Wildman–Crippen MR) is 120 cm³/mol. The van der Waals surface area contributed by atoms with E-state index in [4.69, 9.17) is 18.9 Å². The van der Waals surface area contributed by atoms with Gasteiger partial charge in [0.1, 0.15) is 6.61 Å². The summed E-state index contributed by atoms with van der Waals surface area (Å²) in [6.07, 6.45) is 0.568. The van der Waals surface area contributed by atoms with E-state index in [9.17, 15) is 9.59 Å². The first-order chi connectivity index (χ1) is 15.5. The lowest BCUT2D eigenvalue weighted by molar-refractivity contribution is -0.145. The molecule has 3 aromatic rings. The molecule has 168 valence electrons. The van der Waals surface area contributed by atoms with Crippen LogP contribution in [0.1, 0.15) is 40.5 Å². The van der Waals surface area contributed by atoms with Crippen molar-refractivity contribution in [1.29, 1.82) is 0 Å². The van der Waals surface area contributed by atoms with Gasteiger partial charge in [0, 0.05) is 11.8 Å². The zero-order valence-corrected chi connectivity index (χ0v) is 18.8. The molecule has 0 spiro atoms. The van der Waals surface area contributed by atoms with E-state index in [1.807, 2.05) is 43.3 Å². The highest BCUT2D eigenvalue weighted by molar-refractivity contribution is 5.98. The van der Waals surface area contributed by atoms with Gasteiger partial charge in [-0.25, -0.2) is 9.78 Å². The zero-order chi connectivity index (χ0) is 23.1. The lowest BCUT2D eigenvalue weighted by Gasteiger charge is -2.14. The smallest absolute Gasteiger partial charge is 0.340 e. The summed E-state index contributed by atoms with van der Waals surface area (Å²) in [5, 5.41) is 0.857. The van der Waals surface area contributed by atoms with Crippen molar-refractivity contribution < 1.29 is 28.5 Å². The molecule has 2 aromatic carbocycles. The number of para-hydroxylation sites is 2. The standard InChI is InChI=1S/C25H27NO6/c1-5-31-25(28)23-16(2)18-10-6-7-11-19(18)26-20(23)15-32-22(27)14-13-17-9-8-12-21(29-3)24(17)30-4/h6-12H,5,13-15H2,1-4H3. The molecular formula is C25H27NO6. The third-order valence-corrected chi connectivity index (χ3v) is 5.16. The van der Waals surface area contributed by atoms with Crippen LogP contribution in [0.2, 0.25) is 0 Å². The molecule has 0 fully saturated rings. The van der Waals surface area contributed by atoms with E-state index in [1.54, 1.807) is 27.2 Å². The minimum Gasteiger partial charge on any atom is -0.493 e. The van der Waals surface area contributed by atoms with Crippen molar-refractivity contribution in [2.75, 3.05) is 20.8 Å². The Bertz CT molecular complexity index is 1120. The molecule has 0 aliphatic rings. The van der Waals surface area contributed by atoms with Gasteiger partial charge in [0.05, 0.1) is 37.6 Å². The van der Waals surface area contributed by atoms with Crippen LogP contribution in [0, 0.1) is 6.92 Å². The van der Waals surface area contributed by atoms with Crippen molar-refractivity contribution in [3.8, 4) is 11.5 Å². The van der Waals surface area contributed by atoms with Gasteiger partial charge < -0.3 is 18.9 Å². The van der Waals surface area contributed by atoms with E-state index in [0.29, 0.717) is 29.2 Å². The molecule has 0 aliphatic heterocycles. The fourth-order valence-electron chi connectivity index (χ4n) is 3.63. The maximum atomic E-state index is 12.6. The van der Waals surface area contributed by atoms with E-state index in [2.05, 4.69) is 4.98 Å². The molecule has 7 heteroatoms. The molecule has 0 saturated carbocycles. The predicted octanol–water partition coefficient (Wildman–Crippen LogP) is 4.41. The second-order valence-corrected chi connectivity index (χ2v) is 7.11. The highest BCUT2D eigenvalue weighted by atomic mass is 16.5. The highest BCUT2D eigenvalue weighted by Crippen LogP contribution is 2.31. The van der Waals surface area contributed by atoms with Gasteiger partial charge in [0.15, 0.2) is 11.5 Å². The Kier molecular flexibility index (Phi) is 7.65.